The molecule has 88 valence electrons. The van der Waals surface area contributed by atoms with Crippen LogP contribution in [0.1, 0.15) is 41.5 Å². The number of rotatable bonds is 0. The number of fused-ring (bicyclic) bond motifs is 1. The molecule has 15 heavy (non-hydrogen) atoms. The van der Waals surface area contributed by atoms with E-state index in [4.69, 9.17) is 14.2 Å². The average Bonchev–Trinajstić information content (AvgIpc) is 2.34. The lowest BCUT2D eigenvalue weighted by molar-refractivity contribution is -0.211. The predicted molar refractivity (Wildman–Crippen MR) is 57.3 cm³/mol. The molecule has 2 rings (SSSR count). The van der Waals surface area contributed by atoms with E-state index in [0.29, 0.717) is 5.92 Å². The summed E-state index contributed by atoms with van der Waals surface area (Å²) in [6.07, 6.45) is 0.102. The van der Waals surface area contributed by atoms with Gasteiger partial charge in [0.2, 0.25) is 0 Å². The second kappa shape index (κ2) is 3.19. The van der Waals surface area contributed by atoms with E-state index in [0.717, 1.165) is 0 Å². The normalized spacial score (nSPS) is 44.4. The van der Waals surface area contributed by atoms with Gasteiger partial charge in [-0.2, -0.15) is 0 Å². The zero-order valence-corrected chi connectivity index (χ0v) is 10.5. The average molecular weight is 214 g/mol. The molecular formula is C12H22O3. The maximum absolute atomic E-state index is 5.94. The van der Waals surface area contributed by atoms with Gasteiger partial charge in [0, 0.05) is 5.92 Å². The molecular weight excluding hydrogens is 192 g/mol. The van der Waals surface area contributed by atoms with Gasteiger partial charge in [0.1, 0.15) is 6.10 Å². The van der Waals surface area contributed by atoms with Crippen LogP contribution in [0.15, 0.2) is 0 Å². The van der Waals surface area contributed by atoms with E-state index in [1.165, 1.54) is 0 Å². The van der Waals surface area contributed by atoms with Crippen LogP contribution in [0.4, 0.5) is 0 Å². The molecule has 3 nitrogen and oxygen atoms in total. The van der Waals surface area contributed by atoms with Gasteiger partial charge < -0.3 is 14.2 Å². The summed E-state index contributed by atoms with van der Waals surface area (Å²) in [6, 6.07) is 0. The van der Waals surface area contributed by atoms with E-state index in [1.807, 2.05) is 13.8 Å². The molecule has 0 saturated carbocycles. The quantitative estimate of drug-likeness (QED) is 0.620. The van der Waals surface area contributed by atoms with Crippen molar-refractivity contribution in [1.29, 1.82) is 0 Å². The van der Waals surface area contributed by atoms with Crippen molar-refractivity contribution in [2.45, 2.75) is 65.8 Å². The maximum Gasteiger partial charge on any atom is 0.187 e. The molecule has 0 aromatic carbocycles. The number of hydrogen-bond acceptors (Lipinski definition) is 3. The van der Waals surface area contributed by atoms with Gasteiger partial charge in [-0.1, -0.05) is 20.8 Å². The van der Waals surface area contributed by atoms with Crippen molar-refractivity contribution in [3.63, 3.8) is 0 Å². The number of hydrogen-bond donors (Lipinski definition) is 0. The van der Waals surface area contributed by atoms with Crippen LogP contribution in [-0.2, 0) is 14.2 Å². The lowest BCUT2D eigenvalue weighted by Crippen LogP contribution is -2.37. The molecule has 0 aromatic heterocycles. The highest BCUT2D eigenvalue weighted by Crippen LogP contribution is 2.47. The molecule has 2 fully saturated rings. The summed E-state index contributed by atoms with van der Waals surface area (Å²) in [6.45, 7) is 12.7. The van der Waals surface area contributed by atoms with Crippen LogP contribution in [0.2, 0.25) is 0 Å². The van der Waals surface area contributed by atoms with Gasteiger partial charge in [-0.15, -0.1) is 0 Å². The van der Waals surface area contributed by atoms with Crippen LogP contribution in [-0.4, -0.2) is 24.3 Å². The second-order valence-corrected chi connectivity index (χ2v) is 6.20. The van der Waals surface area contributed by atoms with Crippen LogP contribution in [0, 0.1) is 11.3 Å². The van der Waals surface area contributed by atoms with E-state index in [9.17, 15) is 0 Å². The molecule has 0 amide bonds. The van der Waals surface area contributed by atoms with E-state index in [2.05, 4.69) is 27.7 Å². The van der Waals surface area contributed by atoms with Gasteiger partial charge in [0.05, 0.1) is 6.10 Å². The summed E-state index contributed by atoms with van der Waals surface area (Å²) >= 11 is 0. The molecule has 2 saturated heterocycles. The molecule has 0 N–H and O–H groups in total. The highest BCUT2D eigenvalue weighted by molar-refractivity contribution is 4.96. The Kier molecular flexibility index (Phi) is 2.42. The standard InChI is InChI=1S/C12H22O3/c1-7-8(11(2,3)4)9-10(13-7)15-12(5,6)14-9/h7-10H,1-6H3/t7-,8?,9-,10-/m0/s1. The smallest absolute Gasteiger partial charge is 0.187 e. The first-order valence-corrected chi connectivity index (χ1v) is 5.72. The van der Waals surface area contributed by atoms with Crippen LogP contribution in [0.25, 0.3) is 0 Å². The highest BCUT2D eigenvalue weighted by Gasteiger charge is 2.56. The molecule has 2 heterocycles. The summed E-state index contributed by atoms with van der Waals surface area (Å²) in [4.78, 5) is 0. The Bertz CT molecular complexity index is 254. The van der Waals surface area contributed by atoms with E-state index < -0.39 is 5.79 Å². The Morgan fingerprint density at radius 3 is 2.20 bits per heavy atom. The van der Waals surface area contributed by atoms with Crippen LogP contribution < -0.4 is 0 Å². The minimum atomic E-state index is -0.501. The van der Waals surface area contributed by atoms with Crippen LogP contribution in [0.5, 0.6) is 0 Å². The fourth-order valence-corrected chi connectivity index (χ4v) is 2.87. The topological polar surface area (TPSA) is 27.7 Å². The summed E-state index contributed by atoms with van der Waals surface area (Å²) < 4.78 is 17.5. The minimum Gasteiger partial charge on any atom is -0.346 e. The lowest BCUT2D eigenvalue weighted by Gasteiger charge is -2.33. The van der Waals surface area contributed by atoms with Crippen molar-refractivity contribution < 1.29 is 14.2 Å². The zero-order valence-electron chi connectivity index (χ0n) is 10.5. The first-order valence-electron chi connectivity index (χ1n) is 5.72. The van der Waals surface area contributed by atoms with Crippen molar-refractivity contribution in [2.24, 2.45) is 11.3 Å². The third-order valence-electron chi connectivity index (χ3n) is 3.30. The molecule has 2 aliphatic rings. The fourth-order valence-electron chi connectivity index (χ4n) is 2.87. The van der Waals surface area contributed by atoms with Crippen molar-refractivity contribution in [1.82, 2.24) is 0 Å². The summed E-state index contributed by atoms with van der Waals surface area (Å²) in [5.41, 5.74) is 0.183. The van der Waals surface area contributed by atoms with Crippen LogP contribution >= 0.6 is 0 Å². The lowest BCUT2D eigenvalue weighted by atomic mass is 9.75. The van der Waals surface area contributed by atoms with E-state index >= 15 is 0 Å². The second-order valence-electron chi connectivity index (χ2n) is 6.20. The predicted octanol–water partition coefficient (Wildman–Crippen LogP) is 2.55. The summed E-state index contributed by atoms with van der Waals surface area (Å²) in [5, 5.41) is 0. The molecule has 3 heteroatoms. The molecule has 0 aliphatic carbocycles. The van der Waals surface area contributed by atoms with Gasteiger partial charge in [0.15, 0.2) is 12.1 Å². The first-order chi connectivity index (χ1) is 6.71. The maximum atomic E-state index is 5.94. The molecule has 0 aromatic rings. The molecule has 4 atom stereocenters. The molecule has 1 unspecified atom stereocenters. The monoisotopic (exact) mass is 214 g/mol. The SMILES string of the molecule is C[C@@H]1O[C@H]2OC(C)(C)O[C@H]2C1C(C)(C)C. The summed E-state index contributed by atoms with van der Waals surface area (Å²) in [5.74, 6) is -0.108. The minimum absolute atomic E-state index is 0.0787. The summed E-state index contributed by atoms with van der Waals surface area (Å²) in [7, 11) is 0. The Labute approximate surface area is 92.1 Å². The third-order valence-corrected chi connectivity index (χ3v) is 3.30. The van der Waals surface area contributed by atoms with Gasteiger partial charge in [-0.3, -0.25) is 0 Å². The Hall–Kier alpha value is -0.120. The van der Waals surface area contributed by atoms with Crippen molar-refractivity contribution in [2.75, 3.05) is 0 Å². The van der Waals surface area contributed by atoms with Crippen molar-refractivity contribution >= 4 is 0 Å². The third kappa shape index (κ3) is 1.93. The van der Waals surface area contributed by atoms with Gasteiger partial charge in [0.25, 0.3) is 0 Å². The Morgan fingerprint density at radius 2 is 1.67 bits per heavy atom. The van der Waals surface area contributed by atoms with Crippen LogP contribution in [0.3, 0.4) is 0 Å². The molecule has 0 bridgehead atoms. The Balaban J connectivity index is 2.20. The van der Waals surface area contributed by atoms with Gasteiger partial charge >= 0.3 is 0 Å². The van der Waals surface area contributed by atoms with E-state index in [1.54, 1.807) is 0 Å². The zero-order chi connectivity index (χ0) is 11.4. The molecule has 0 spiro atoms. The first kappa shape index (κ1) is 11.4. The number of ether oxygens (including phenoxy) is 3. The highest BCUT2D eigenvalue weighted by atomic mass is 16.8. The fraction of sp³-hybridized carbons (Fsp3) is 1.00. The molecule has 2 aliphatic heterocycles. The molecule has 0 radical (unpaired) electrons. The van der Waals surface area contributed by atoms with E-state index in [-0.39, 0.29) is 23.9 Å². The Morgan fingerprint density at radius 1 is 1.07 bits per heavy atom. The van der Waals surface area contributed by atoms with Gasteiger partial charge in [-0.25, -0.2) is 0 Å². The van der Waals surface area contributed by atoms with Crippen molar-refractivity contribution in [3.8, 4) is 0 Å². The largest absolute Gasteiger partial charge is 0.346 e. The van der Waals surface area contributed by atoms with Crippen molar-refractivity contribution in [3.05, 3.63) is 0 Å². The van der Waals surface area contributed by atoms with Gasteiger partial charge in [-0.05, 0) is 26.2 Å².